The van der Waals surface area contributed by atoms with Crippen molar-refractivity contribution >= 4 is 5.97 Å². The Morgan fingerprint density at radius 3 is 2.09 bits per heavy atom. The minimum absolute atomic E-state index is 0.596. The van der Waals surface area contributed by atoms with Crippen molar-refractivity contribution in [1.82, 2.24) is 4.90 Å². The summed E-state index contributed by atoms with van der Waals surface area (Å²) in [5.41, 5.74) is 1.86. The second kappa shape index (κ2) is 10.6. The highest BCUT2D eigenvalue weighted by atomic mass is 16.4. The van der Waals surface area contributed by atoms with Crippen LogP contribution in [0, 0.1) is 0 Å². The quantitative estimate of drug-likeness (QED) is 0.544. The summed E-state index contributed by atoms with van der Waals surface area (Å²) < 4.78 is 0. The summed E-state index contributed by atoms with van der Waals surface area (Å²) in [6.45, 7) is 14.0. The predicted octanol–water partition coefficient (Wildman–Crippen LogP) is 5.03. The first-order valence-corrected chi connectivity index (χ1v) is 8.61. The summed E-state index contributed by atoms with van der Waals surface area (Å²) in [4.78, 5) is 14.1. The van der Waals surface area contributed by atoms with Gasteiger partial charge in [-0.15, -0.1) is 0 Å². The summed E-state index contributed by atoms with van der Waals surface area (Å²) in [5.74, 6) is -0.689. The lowest BCUT2D eigenvalue weighted by Crippen LogP contribution is -2.54. The highest BCUT2D eigenvalue weighted by Crippen LogP contribution is 2.28. The zero-order valence-corrected chi connectivity index (χ0v) is 15.4. The average Bonchev–Trinajstić information content (AvgIpc) is 2.45. The van der Waals surface area contributed by atoms with Crippen molar-refractivity contribution in [3.05, 3.63) is 23.3 Å². The Morgan fingerprint density at radius 1 is 1.09 bits per heavy atom. The molecule has 0 fully saturated rings. The molecule has 1 N–H and O–H groups in total. The highest BCUT2D eigenvalue weighted by molar-refractivity contribution is 5.79. The van der Waals surface area contributed by atoms with Crippen molar-refractivity contribution in [2.75, 3.05) is 13.1 Å². The van der Waals surface area contributed by atoms with Crippen LogP contribution in [0.5, 0.6) is 0 Å². The largest absolute Gasteiger partial charge is 0.480 e. The molecule has 0 bridgehead atoms. The number of rotatable bonds is 11. The maximum atomic E-state index is 12.0. The van der Waals surface area contributed by atoms with Gasteiger partial charge >= 0.3 is 5.97 Å². The second-order valence-electron chi connectivity index (χ2n) is 6.33. The fourth-order valence-corrected chi connectivity index (χ4v) is 2.99. The number of nitrogens with zero attached hydrogens (tertiary/aromatic N) is 1. The molecule has 0 amide bonds. The van der Waals surface area contributed by atoms with Crippen LogP contribution in [0.4, 0.5) is 0 Å². The number of carboxylic acids is 1. The Morgan fingerprint density at radius 2 is 1.68 bits per heavy atom. The van der Waals surface area contributed by atoms with Gasteiger partial charge in [-0.05, 0) is 59.5 Å². The van der Waals surface area contributed by atoms with Gasteiger partial charge in [-0.1, -0.05) is 50.5 Å². The minimum atomic E-state index is -0.754. The summed E-state index contributed by atoms with van der Waals surface area (Å²) in [6, 6.07) is 0. The molecule has 0 aromatic heterocycles. The third-order valence-corrected chi connectivity index (χ3v) is 4.31. The third kappa shape index (κ3) is 6.35. The van der Waals surface area contributed by atoms with Crippen LogP contribution in [-0.2, 0) is 4.79 Å². The van der Waals surface area contributed by atoms with E-state index in [2.05, 4.69) is 44.7 Å². The van der Waals surface area contributed by atoms with Crippen LogP contribution in [-0.4, -0.2) is 34.6 Å². The van der Waals surface area contributed by atoms with Gasteiger partial charge in [0.25, 0.3) is 0 Å². The zero-order valence-electron chi connectivity index (χ0n) is 15.4. The van der Waals surface area contributed by atoms with E-state index in [4.69, 9.17) is 0 Å². The topological polar surface area (TPSA) is 40.5 Å². The van der Waals surface area contributed by atoms with E-state index >= 15 is 0 Å². The molecule has 0 saturated heterocycles. The van der Waals surface area contributed by atoms with Gasteiger partial charge in [-0.3, -0.25) is 9.69 Å². The lowest BCUT2D eigenvalue weighted by Gasteiger charge is -2.39. The van der Waals surface area contributed by atoms with Crippen molar-refractivity contribution in [2.45, 2.75) is 79.2 Å². The van der Waals surface area contributed by atoms with Crippen LogP contribution in [0.1, 0.15) is 73.6 Å². The lowest BCUT2D eigenvalue weighted by molar-refractivity contribution is -0.152. The molecule has 0 aliphatic rings. The Bertz CT molecular complexity index is 390. The lowest BCUT2D eigenvalue weighted by atomic mass is 9.86. The molecule has 0 spiro atoms. The maximum absolute atomic E-state index is 12.0. The van der Waals surface area contributed by atoms with Crippen LogP contribution in [0.3, 0.4) is 0 Å². The molecule has 0 aliphatic heterocycles. The van der Waals surface area contributed by atoms with E-state index in [1.165, 1.54) is 11.1 Å². The number of hydrogen-bond donors (Lipinski definition) is 1. The van der Waals surface area contributed by atoms with Gasteiger partial charge in [-0.2, -0.15) is 0 Å². The Kier molecular flexibility index (Phi) is 10.1. The molecule has 22 heavy (non-hydrogen) atoms. The standard InChI is InChI=1S/C19H35NO2/c1-7-14-19(18(21)22,20(8-2)9-3)15-13-17(6)12-10-11-16(4)5/h11,13H,7-10,12,14-15H2,1-6H3,(H,21,22)/b17-13+. The average molecular weight is 309 g/mol. The van der Waals surface area contributed by atoms with E-state index < -0.39 is 11.5 Å². The van der Waals surface area contributed by atoms with Gasteiger partial charge in [0, 0.05) is 0 Å². The highest BCUT2D eigenvalue weighted by Gasteiger charge is 2.41. The Labute approximate surface area is 137 Å². The van der Waals surface area contributed by atoms with Gasteiger partial charge < -0.3 is 5.11 Å². The Balaban J connectivity index is 5.12. The van der Waals surface area contributed by atoms with Gasteiger partial charge in [0.15, 0.2) is 0 Å². The smallest absolute Gasteiger partial charge is 0.324 e. The predicted molar refractivity (Wildman–Crippen MR) is 95.2 cm³/mol. The minimum Gasteiger partial charge on any atom is -0.480 e. The van der Waals surface area contributed by atoms with E-state index in [0.717, 1.165) is 32.4 Å². The van der Waals surface area contributed by atoms with Crippen molar-refractivity contribution in [1.29, 1.82) is 0 Å². The number of carbonyl (C=O) groups is 1. The first-order chi connectivity index (χ1) is 10.3. The van der Waals surface area contributed by atoms with E-state index in [1.54, 1.807) is 0 Å². The van der Waals surface area contributed by atoms with Crippen molar-refractivity contribution < 1.29 is 9.90 Å². The van der Waals surface area contributed by atoms with Crippen LogP contribution in [0.15, 0.2) is 23.3 Å². The molecule has 1 unspecified atom stereocenters. The van der Waals surface area contributed by atoms with Gasteiger partial charge in [0.1, 0.15) is 5.54 Å². The van der Waals surface area contributed by atoms with Gasteiger partial charge in [0.05, 0.1) is 0 Å². The molecule has 128 valence electrons. The molecule has 0 saturated carbocycles. The molecule has 0 rings (SSSR count). The third-order valence-electron chi connectivity index (χ3n) is 4.31. The van der Waals surface area contributed by atoms with E-state index in [0.29, 0.717) is 12.8 Å². The molecule has 3 nitrogen and oxygen atoms in total. The van der Waals surface area contributed by atoms with Crippen LogP contribution < -0.4 is 0 Å². The summed E-state index contributed by atoms with van der Waals surface area (Å²) in [5, 5.41) is 9.87. The molecule has 0 radical (unpaired) electrons. The van der Waals surface area contributed by atoms with Crippen molar-refractivity contribution in [3.8, 4) is 0 Å². The number of aliphatic carboxylic acids is 1. The fourth-order valence-electron chi connectivity index (χ4n) is 2.99. The molecule has 0 aromatic rings. The molecule has 3 heteroatoms. The number of allylic oxidation sites excluding steroid dienone is 3. The summed E-state index contributed by atoms with van der Waals surface area (Å²) >= 11 is 0. The Hall–Kier alpha value is -1.09. The van der Waals surface area contributed by atoms with Gasteiger partial charge in [0.2, 0.25) is 0 Å². The van der Waals surface area contributed by atoms with E-state index in [1.807, 2.05) is 13.8 Å². The van der Waals surface area contributed by atoms with Crippen LogP contribution in [0.2, 0.25) is 0 Å². The van der Waals surface area contributed by atoms with E-state index in [-0.39, 0.29) is 0 Å². The zero-order chi connectivity index (χ0) is 17.2. The maximum Gasteiger partial charge on any atom is 0.324 e. The van der Waals surface area contributed by atoms with Gasteiger partial charge in [-0.25, -0.2) is 0 Å². The van der Waals surface area contributed by atoms with E-state index in [9.17, 15) is 9.90 Å². The van der Waals surface area contributed by atoms with Crippen LogP contribution >= 0.6 is 0 Å². The van der Waals surface area contributed by atoms with Crippen LogP contribution in [0.25, 0.3) is 0 Å². The number of hydrogen-bond acceptors (Lipinski definition) is 2. The normalized spacial score (nSPS) is 14.8. The summed E-state index contributed by atoms with van der Waals surface area (Å²) in [6.07, 6.45) is 8.59. The summed E-state index contributed by atoms with van der Waals surface area (Å²) in [7, 11) is 0. The molecule has 0 aromatic carbocycles. The molecular weight excluding hydrogens is 274 g/mol. The first-order valence-electron chi connectivity index (χ1n) is 8.61. The first kappa shape index (κ1) is 20.9. The number of carboxylic acid groups (broad SMARTS) is 1. The monoisotopic (exact) mass is 309 g/mol. The fraction of sp³-hybridized carbons (Fsp3) is 0.737. The number of likely N-dealkylation sites (N-methyl/N-ethyl adjacent to an activating group) is 1. The second-order valence-corrected chi connectivity index (χ2v) is 6.33. The molecular formula is C19H35NO2. The SMILES string of the molecule is CCCC(C/C=C(\C)CCC=C(C)C)(C(=O)O)N(CC)CC. The molecule has 0 aliphatic carbocycles. The van der Waals surface area contributed by atoms with Crippen molar-refractivity contribution in [2.24, 2.45) is 0 Å². The molecule has 1 atom stereocenters. The van der Waals surface area contributed by atoms with Crippen molar-refractivity contribution in [3.63, 3.8) is 0 Å². The molecule has 0 heterocycles.